The van der Waals surface area contributed by atoms with E-state index in [1.54, 1.807) is 6.07 Å². The Kier molecular flexibility index (Phi) is 3.66. The van der Waals surface area contributed by atoms with Gasteiger partial charge in [-0.1, -0.05) is 12.1 Å². The third-order valence-electron chi connectivity index (χ3n) is 2.82. The van der Waals surface area contributed by atoms with Gasteiger partial charge < -0.3 is 14.3 Å². The van der Waals surface area contributed by atoms with Crippen LogP contribution in [0.15, 0.2) is 33.5 Å². The van der Waals surface area contributed by atoms with E-state index in [9.17, 15) is 9.59 Å². The molecule has 19 heavy (non-hydrogen) atoms. The van der Waals surface area contributed by atoms with E-state index in [1.165, 1.54) is 13.0 Å². The Bertz CT molecular complexity index is 671. The van der Waals surface area contributed by atoms with Crippen molar-refractivity contribution in [2.75, 3.05) is 0 Å². The molecule has 1 atom stereocenters. The zero-order valence-electron chi connectivity index (χ0n) is 10.7. The van der Waals surface area contributed by atoms with Gasteiger partial charge >= 0.3 is 11.6 Å². The van der Waals surface area contributed by atoms with Crippen LogP contribution in [-0.4, -0.2) is 17.2 Å². The summed E-state index contributed by atoms with van der Waals surface area (Å²) in [4.78, 5) is 22.1. The van der Waals surface area contributed by atoms with Crippen molar-refractivity contribution in [1.29, 1.82) is 0 Å². The fourth-order valence-corrected chi connectivity index (χ4v) is 1.74. The summed E-state index contributed by atoms with van der Waals surface area (Å²) < 4.78 is 10.3. The first-order valence-corrected chi connectivity index (χ1v) is 5.85. The molecule has 0 aliphatic heterocycles. The molecule has 1 aromatic carbocycles. The molecule has 0 saturated carbocycles. The van der Waals surface area contributed by atoms with E-state index in [0.29, 0.717) is 11.1 Å². The number of fused-ring (bicyclic) bond motifs is 1. The molecule has 0 amide bonds. The van der Waals surface area contributed by atoms with Crippen LogP contribution in [0.5, 0.6) is 0 Å². The van der Waals surface area contributed by atoms with E-state index in [0.717, 1.165) is 10.9 Å². The molecule has 1 heterocycles. The minimum atomic E-state index is -1.04. The van der Waals surface area contributed by atoms with Gasteiger partial charge in [0.15, 0.2) is 6.10 Å². The summed E-state index contributed by atoms with van der Waals surface area (Å²) in [7, 11) is 0. The van der Waals surface area contributed by atoms with E-state index in [2.05, 4.69) is 0 Å². The number of hydrogen-bond acceptors (Lipinski definition) is 4. The first-order valence-electron chi connectivity index (χ1n) is 5.85. The topological polar surface area (TPSA) is 76.7 Å². The molecule has 5 heteroatoms. The third-order valence-corrected chi connectivity index (χ3v) is 2.82. The van der Waals surface area contributed by atoms with Crippen LogP contribution >= 0.6 is 0 Å². The monoisotopic (exact) mass is 262 g/mol. The largest absolute Gasteiger partial charge is 0.479 e. The fraction of sp³-hybridized carbons (Fsp3) is 0.286. The Morgan fingerprint density at radius 3 is 2.84 bits per heavy atom. The summed E-state index contributed by atoms with van der Waals surface area (Å²) >= 11 is 0. The highest BCUT2D eigenvalue weighted by atomic mass is 16.5. The standard InChI is InChI=1S/C14H14O5/c1-8-3-4-11-10(7-18-9(2)14(16)17)6-13(15)19-12(11)5-8/h3-6,9H,7H2,1-2H3,(H,16,17)/t9-/m0/s1. The van der Waals surface area contributed by atoms with Gasteiger partial charge in [0.1, 0.15) is 5.58 Å². The van der Waals surface area contributed by atoms with E-state index in [-0.39, 0.29) is 6.61 Å². The first kappa shape index (κ1) is 13.3. The van der Waals surface area contributed by atoms with E-state index < -0.39 is 17.7 Å². The lowest BCUT2D eigenvalue weighted by molar-refractivity contribution is -0.149. The molecular weight excluding hydrogens is 248 g/mol. The van der Waals surface area contributed by atoms with Crippen molar-refractivity contribution < 1.29 is 19.1 Å². The molecule has 100 valence electrons. The van der Waals surface area contributed by atoms with Crippen LogP contribution in [0.2, 0.25) is 0 Å². The number of carboxylic acids is 1. The summed E-state index contributed by atoms with van der Waals surface area (Å²) in [5.74, 6) is -1.04. The molecule has 0 saturated heterocycles. The van der Waals surface area contributed by atoms with Crippen molar-refractivity contribution in [2.45, 2.75) is 26.6 Å². The van der Waals surface area contributed by atoms with Gasteiger partial charge in [0, 0.05) is 11.5 Å². The number of carbonyl (C=O) groups is 1. The maximum Gasteiger partial charge on any atom is 0.336 e. The molecule has 0 unspecified atom stereocenters. The van der Waals surface area contributed by atoms with Crippen molar-refractivity contribution in [1.82, 2.24) is 0 Å². The first-order chi connectivity index (χ1) is 8.97. The average Bonchev–Trinajstić information content (AvgIpc) is 2.34. The molecule has 2 aromatic rings. The normalized spacial score (nSPS) is 12.5. The van der Waals surface area contributed by atoms with Gasteiger partial charge in [-0.2, -0.15) is 0 Å². The molecule has 0 bridgehead atoms. The Hall–Kier alpha value is -2.14. The molecule has 0 aliphatic carbocycles. The van der Waals surface area contributed by atoms with Crippen LogP contribution in [0.25, 0.3) is 11.0 Å². The quantitative estimate of drug-likeness (QED) is 0.854. The van der Waals surface area contributed by atoms with Crippen LogP contribution in [0.3, 0.4) is 0 Å². The smallest absolute Gasteiger partial charge is 0.336 e. The molecule has 0 fully saturated rings. The van der Waals surface area contributed by atoms with Gasteiger partial charge in [-0.15, -0.1) is 0 Å². The van der Waals surface area contributed by atoms with Crippen molar-refractivity contribution in [3.05, 3.63) is 45.8 Å². The van der Waals surface area contributed by atoms with Crippen LogP contribution in [-0.2, 0) is 16.1 Å². The van der Waals surface area contributed by atoms with E-state index >= 15 is 0 Å². The molecule has 0 spiro atoms. The van der Waals surface area contributed by atoms with Crippen molar-refractivity contribution in [2.24, 2.45) is 0 Å². The van der Waals surface area contributed by atoms with Gasteiger partial charge in [0.25, 0.3) is 0 Å². The number of aryl methyl sites for hydroxylation is 1. The molecule has 0 aliphatic rings. The number of benzene rings is 1. The van der Waals surface area contributed by atoms with Crippen LogP contribution < -0.4 is 5.63 Å². The Morgan fingerprint density at radius 2 is 2.16 bits per heavy atom. The third kappa shape index (κ3) is 3.00. The zero-order valence-corrected chi connectivity index (χ0v) is 10.7. The lowest BCUT2D eigenvalue weighted by Gasteiger charge is -2.10. The van der Waals surface area contributed by atoms with E-state index in [1.807, 2.05) is 19.1 Å². The molecule has 1 aromatic heterocycles. The summed E-state index contributed by atoms with van der Waals surface area (Å²) in [6.07, 6.45) is -0.923. The van der Waals surface area contributed by atoms with Crippen molar-refractivity contribution >= 4 is 16.9 Å². The zero-order chi connectivity index (χ0) is 14.0. The van der Waals surface area contributed by atoms with E-state index in [4.69, 9.17) is 14.3 Å². The lowest BCUT2D eigenvalue weighted by Crippen LogP contribution is -2.19. The second-order valence-electron chi connectivity index (χ2n) is 4.38. The van der Waals surface area contributed by atoms with Gasteiger partial charge in [-0.25, -0.2) is 9.59 Å². The molecule has 1 N–H and O–H groups in total. The second kappa shape index (κ2) is 5.24. The Balaban J connectivity index is 2.37. The number of ether oxygens (including phenoxy) is 1. The number of rotatable bonds is 4. The highest BCUT2D eigenvalue weighted by Crippen LogP contribution is 2.19. The van der Waals surface area contributed by atoms with Gasteiger partial charge in [0.05, 0.1) is 6.61 Å². The predicted molar refractivity (Wildman–Crippen MR) is 69.1 cm³/mol. The predicted octanol–water partition coefficient (Wildman–Crippen LogP) is 2.09. The summed E-state index contributed by atoms with van der Waals surface area (Å²) in [5.41, 5.74) is 1.61. The minimum Gasteiger partial charge on any atom is -0.479 e. The molecule has 0 radical (unpaired) electrons. The minimum absolute atomic E-state index is 0.0542. The molecular formula is C14H14O5. The molecule has 2 rings (SSSR count). The maximum absolute atomic E-state index is 11.5. The fourth-order valence-electron chi connectivity index (χ4n) is 1.74. The number of carboxylic acid groups (broad SMARTS) is 1. The van der Waals surface area contributed by atoms with Crippen molar-refractivity contribution in [3.63, 3.8) is 0 Å². The maximum atomic E-state index is 11.5. The number of aliphatic carboxylic acids is 1. The summed E-state index contributed by atoms with van der Waals surface area (Å²) in [6.45, 7) is 3.40. The van der Waals surface area contributed by atoms with Gasteiger partial charge in [0.2, 0.25) is 0 Å². The van der Waals surface area contributed by atoms with Gasteiger partial charge in [-0.3, -0.25) is 0 Å². The van der Waals surface area contributed by atoms with Crippen LogP contribution in [0, 0.1) is 6.92 Å². The van der Waals surface area contributed by atoms with Crippen molar-refractivity contribution in [3.8, 4) is 0 Å². The van der Waals surface area contributed by atoms with Gasteiger partial charge in [-0.05, 0) is 31.0 Å². The summed E-state index contributed by atoms with van der Waals surface area (Å²) in [6, 6.07) is 6.82. The molecule has 5 nitrogen and oxygen atoms in total. The summed E-state index contributed by atoms with van der Waals surface area (Å²) in [5, 5.41) is 9.51. The second-order valence-corrected chi connectivity index (χ2v) is 4.38. The average molecular weight is 262 g/mol. The Labute approximate surface area is 109 Å². The SMILES string of the molecule is Cc1ccc2c(CO[C@@H](C)C(=O)O)cc(=O)oc2c1. The highest BCUT2D eigenvalue weighted by molar-refractivity contribution is 5.80. The number of hydrogen-bond donors (Lipinski definition) is 1. The lowest BCUT2D eigenvalue weighted by atomic mass is 10.1. The highest BCUT2D eigenvalue weighted by Gasteiger charge is 2.13. The van der Waals surface area contributed by atoms with Crippen LogP contribution in [0.1, 0.15) is 18.1 Å². The Morgan fingerprint density at radius 1 is 1.42 bits per heavy atom. The van der Waals surface area contributed by atoms with Crippen LogP contribution in [0.4, 0.5) is 0 Å².